The number of amides is 2. The second-order valence-electron chi connectivity index (χ2n) is 7.39. The Morgan fingerprint density at radius 2 is 1.71 bits per heavy atom. The van der Waals surface area contributed by atoms with Crippen molar-refractivity contribution >= 4 is 23.4 Å². The Kier molecular flexibility index (Phi) is 8.82. The van der Waals surface area contributed by atoms with Gasteiger partial charge >= 0.3 is 0 Å². The van der Waals surface area contributed by atoms with Crippen molar-refractivity contribution in [3.8, 4) is 0 Å². The third kappa shape index (κ3) is 7.31. The second-order valence-corrected chi connectivity index (χ2v) is 7.82. The van der Waals surface area contributed by atoms with E-state index in [-0.39, 0.29) is 23.7 Å². The molecule has 1 aliphatic rings. The highest BCUT2D eigenvalue weighted by Gasteiger charge is 2.23. The SMILES string of the molecule is O=C(CCCNC(=O)c1ccc(Cl)cc1)NC[C@@H](c1ccc(F)cc1)N1CCOCC1. The Bertz CT molecular complexity index is 855. The molecule has 2 amide bonds. The second kappa shape index (κ2) is 11.8. The van der Waals surface area contributed by atoms with Crippen LogP contribution in [0.5, 0.6) is 0 Å². The number of benzene rings is 2. The minimum absolute atomic E-state index is 0.0435. The van der Waals surface area contributed by atoms with E-state index in [0.29, 0.717) is 49.7 Å². The van der Waals surface area contributed by atoms with Crippen LogP contribution < -0.4 is 10.6 Å². The molecular weight excluding hydrogens is 421 g/mol. The number of nitrogens with one attached hydrogen (secondary N) is 2. The fourth-order valence-corrected chi connectivity index (χ4v) is 3.61. The lowest BCUT2D eigenvalue weighted by Gasteiger charge is -2.35. The third-order valence-corrected chi connectivity index (χ3v) is 5.46. The van der Waals surface area contributed by atoms with Crippen molar-refractivity contribution in [1.82, 2.24) is 15.5 Å². The molecule has 0 radical (unpaired) electrons. The van der Waals surface area contributed by atoms with Gasteiger partial charge in [0.15, 0.2) is 0 Å². The largest absolute Gasteiger partial charge is 0.379 e. The predicted molar refractivity (Wildman–Crippen MR) is 118 cm³/mol. The molecule has 2 aromatic rings. The maximum absolute atomic E-state index is 13.3. The van der Waals surface area contributed by atoms with E-state index in [4.69, 9.17) is 16.3 Å². The molecule has 3 rings (SSSR count). The molecule has 0 unspecified atom stereocenters. The normalized spacial score (nSPS) is 15.3. The first kappa shape index (κ1) is 23.2. The Balaban J connectivity index is 1.44. The molecule has 1 saturated heterocycles. The summed E-state index contributed by atoms with van der Waals surface area (Å²) in [5.74, 6) is -0.559. The predicted octanol–water partition coefficient (Wildman–Crippen LogP) is 3.18. The monoisotopic (exact) mass is 447 g/mol. The van der Waals surface area contributed by atoms with Gasteiger partial charge in [0.05, 0.1) is 19.3 Å². The summed E-state index contributed by atoms with van der Waals surface area (Å²) in [5, 5.41) is 6.35. The van der Waals surface area contributed by atoms with E-state index in [0.717, 1.165) is 18.7 Å². The molecule has 0 bridgehead atoms. The maximum atomic E-state index is 13.3. The Hall–Kier alpha value is -2.48. The van der Waals surface area contributed by atoms with Gasteiger partial charge in [-0.25, -0.2) is 4.39 Å². The first-order chi connectivity index (χ1) is 15.0. The summed E-state index contributed by atoms with van der Waals surface area (Å²) in [4.78, 5) is 26.6. The number of hydrogen-bond acceptors (Lipinski definition) is 4. The fraction of sp³-hybridized carbons (Fsp3) is 0.391. The molecule has 31 heavy (non-hydrogen) atoms. The molecule has 8 heteroatoms. The lowest BCUT2D eigenvalue weighted by Crippen LogP contribution is -2.43. The molecule has 166 valence electrons. The highest BCUT2D eigenvalue weighted by molar-refractivity contribution is 6.30. The molecule has 6 nitrogen and oxygen atoms in total. The molecular formula is C23H27ClFN3O3. The van der Waals surface area contributed by atoms with Gasteiger partial charge in [-0.3, -0.25) is 14.5 Å². The zero-order chi connectivity index (χ0) is 22.1. The van der Waals surface area contributed by atoms with E-state index in [9.17, 15) is 14.0 Å². The Morgan fingerprint density at radius 1 is 1.03 bits per heavy atom. The quantitative estimate of drug-likeness (QED) is 0.579. The average molecular weight is 448 g/mol. The van der Waals surface area contributed by atoms with Crippen LogP contribution in [0.1, 0.15) is 34.8 Å². The summed E-state index contributed by atoms with van der Waals surface area (Å²) in [7, 11) is 0. The molecule has 1 atom stereocenters. The highest BCUT2D eigenvalue weighted by atomic mass is 35.5. The van der Waals surface area contributed by atoms with Crippen molar-refractivity contribution < 1.29 is 18.7 Å². The van der Waals surface area contributed by atoms with Crippen molar-refractivity contribution in [3.05, 3.63) is 70.5 Å². The summed E-state index contributed by atoms with van der Waals surface area (Å²) < 4.78 is 18.7. The van der Waals surface area contributed by atoms with Gasteiger partial charge in [0, 0.05) is 43.2 Å². The zero-order valence-electron chi connectivity index (χ0n) is 17.3. The molecule has 1 heterocycles. The Labute approximate surface area is 186 Å². The topological polar surface area (TPSA) is 70.7 Å². The number of morpholine rings is 1. The van der Waals surface area contributed by atoms with E-state index in [2.05, 4.69) is 15.5 Å². The summed E-state index contributed by atoms with van der Waals surface area (Å²) in [6, 6.07) is 13.0. The van der Waals surface area contributed by atoms with Crippen LogP contribution in [0.4, 0.5) is 4.39 Å². The van der Waals surface area contributed by atoms with E-state index in [1.807, 2.05) is 0 Å². The molecule has 0 aromatic heterocycles. The van der Waals surface area contributed by atoms with Crippen LogP contribution in [0.15, 0.2) is 48.5 Å². The molecule has 0 aliphatic carbocycles. The van der Waals surface area contributed by atoms with Crippen LogP contribution in [-0.4, -0.2) is 56.1 Å². The smallest absolute Gasteiger partial charge is 0.251 e. The van der Waals surface area contributed by atoms with Gasteiger partial charge in [0.1, 0.15) is 5.82 Å². The first-order valence-corrected chi connectivity index (χ1v) is 10.8. The van der Waals surface area contributed by atoms with E-state index < -0.39 is 0 Å². The van der Waals surface area contributed by atoms with Gasteiger partial charge in [-0.1, -0.05) is 23.7 Å². The third-order valence-electron chi connectivity index (χ3n) is 5.21. The zero-order valence-corrected chi connectivity index (χ0v) is 18.0. The number of nitrogens with zero attached hydrogens (tertiary/aromatic N) is 1. The molecule has 1 aliphatic heterocycles. The Morgan fingerprint density at radius 3 is 2.39 bits per heavy atom. The average Bonchev–Trinajstić information content (AvgIpc) is 2.79. The van der Waals surface area contributed by atoms with Crippen LogP contribution in [0.2, 0.25) is 5.02 Å². The lowest BCUT2D eigenvalue weighted by molar-refractivity contribution is -0.121. The standard InChI is InChI=1S/C23H27ClFN3O3/c24-19-7-3-18(4-8-19)23(30)26-11-1-2-22(29)27-16-21(28-12-14-31-15-13-28)17-5-9-20(25)10-6-17/h3-10,21H,1-2,11-16H2,(H,26,30)(H,27,29)/t21-/m0/s1. The molecule has 0 saturated carbocycles. The number of rotatable bonds is 9. The van der Waals surface area contributed by atoms with Gasteiger partial charge in [0.25, 0.3) is 5.91 Å². The lowest BCUT2D eigenvalue weighted by atomic mass is 10.0. The van der Waals surface area contributed by atoms with Gasteiger partial charge < -0.3 is 15.4 Å². The fourth-order valence-electron chi connectivity index (χ4n) is 3.48. The van der Waals surface area contributed by atoms with Crippen molar-refractivity contribution in [2.75, 3.05) is 39.4 Å². The van der Waals surface area contributed by atoms with Crippen LogP contribution >= 0.6 is 11.6 Å². The van der Waals surface area contributed by atoms with Gasteiger partial charge in [0.2, 0.25) is 5.91 Å². The van der Waals surface area contributed by atoms with E-state index in [1.54, 1.807) is 36.4 Å². The summed E-state index contributed by atoms with van der Waals surface area (Å²) in [6.45, 7) is 3.63. The van der Waals surface area contributed by atoms with Gasteiger partial charge in [-0.05, 0) is 48.4 Å². The van der Waals surface area contributed by atoms with Crippen LogP contribution in [0, 0.1) is 5.82 Å². The van der Waals surface area contributed by atoms with E-state index >= 15 is 0 Å². The van der Waals surface area contributed by atoms with Crippen molar-refractivity contribution in [1.29, 1.82) is 0 Å². The van der Waals surface area contributed by atoms with E-state index in [1.165, 1.54) is 12.1 Å². The van der Waals surface area contributed by atoms with Crippen LogP contribution in [0.3, 0.4) is 0 Å². The first-order valence-electron chi connectivity index (χ1n) is 10.4. The van der Waals surface area contributed by atoms with Crippen LogP contribution in [-0.2, 0) is 9.53 Å². The minimum atomic E-state index is -0.283. The maximum Gasteiger partial charge on any atom is 0.251 e. The summed E-state index contributed by atoms with van der Waals surface area (Å²) in [5.41, 5.74) is 1.49. The van der Waals surface area contributed by atoms with Crippen molar-refractivity contribution in [2.45, 2.75) is 18.9 Å². The van der Waals surface area contributed by atoms with Gasteiger partial charge in [-0.2, -0.15) is 0 Å². The van der Waals surface area contributed by atoms with Crippen molar-refractivity contribution in [2.24, 2.45) is 0 Å². The van der Waals surface area contributed by atoms with Gasteiger partial charge in [-0.15, -0.1) is 0 Å². The molecule has 2 aromatic carbocycles. The number of carbonyl (C=O) groups is 2. The van der Waals surface area contributed by atoms with Crippen LogP contribution in [0.25, 0.3) is 0 Å². The molecule has 2 N–H and O–H groups in total. The number of hydrogen-bond donors (Lipinski definition) is 2. The molecule has 1 fully saturated rings. The molecule has 0 spiro atoms. The number of carbonyl (C=O) groups excluding carboxylic acids is 2. The minimum Gasteiger partial charge on any atom is -0.379 e. The number of halogens is 2. The summed E-state index contributed by atoms with van der Waals surface area (Å²) >= 11 is 5.82. The number of ether oxygens (including phenoxy) is 1. The van der Waals surface area contributed by atoms with Crippen molar-refractivity contribution in [3.63, 3.8) is 0 Å². The highest BCUT2D eigenvalue weighted by Crippen LogP contribution is 2.21. The summed E-state index contributed by atoms with van der Waals surface area (Å²) in [6.07, 6.45) is 0.837.